The summed E-state index contributed by atoms with van der Waals surface area (Å²) in [5.41, 5.74) is 7.49. The predicted molar refractivity (Wildman–Crippen MR) is 60.1 cm³/mol. The molecular formula is C13H19N. The normalized spacial score (nSPS) is 26.6. The van der Waals surface area contributed by atoms with Crippen LogP contribution < -0.4 is 5.73 Å². The zero-order valence-corrected chi connectivity index (χ0v) is 8.65. The van der Waals surface area contributed by atoms with Gasteiger partial charge in [-0.1, -0.05) is 36.8 Å². The Morgan fingerprint density at radius 3 is 2.57 bits per heavy atom. The Morgan fingerprint density at radius 1 is 1.14 bits per heavy atom. The van der Waals surface area contributed by atoms with Crippen molar-refractivity contribution in [2.45, 2.75) is 38.1 Å². The van der Waals surface area contributed by atoms with E-state index in [2.05, 4.69) is 30.3 Å². The first kappa shape index (κ1) is 9.72. The topological polar surface area (TPSA) is 26.0 Å². The molecule has 1 aromatic carbocycles. The Kier molecular flexibility index (Phi) is 3.20. The van der Waals surface area contributed by atoms with Gasteiger partial charge in [0, 0.05) is 6.04 Å². The van der Waals surface area contributed by atoms with Gasteiger partial charge in [0.05, 0.1) is 0 Å². The largest absolute Gasteiger partial charge is 0.327 e. The maximum absolute atomic E-state index is 6.04. The van der Waals surface area contributed by atoms with E-state index in [1.165, 1.54) is 37.7 Å². The van der Waals surface area contributed by atoms with Crippen molar-refractivity contribution in [2.24, 2.45) is 11.7 Å². The van der Waals surface area contributed by atoms with Gasteiger partial charge in [0.25, 0.3) is 0 Å². The van der Waals surface area contributed by atoms with Crippen LogP contribution in [0.3, 0.4) is 0 Å². The molecule has 1 aliphatic rings. The van der Waals surface area contributed by atoms with E-state index >= 15 is 0 Å². The van der Waals surface area contributed by atoms with E-state index in [9.17, 15) is 0 Å². The number of hydrogen-bond donors (Lipinski definition) is 1. The molecule has 0 amide bonds. The highest BCUT2D eigenvalue weighted by molar-refractivity contribution is 5.14. The molecule has 2 atom stereocenters. The van der Waals surface area contributed by atoms with Crippen LogP contribution in [0.25, 0.3) is 0 Å². The molecule has 0 radical (unpaired) electrons. The maximum Gasteiger partial charge on any atom is 0.00672 e. The summed E-state index contributed by atoms with van der Waals surface area (Å²) in [6, 6.07) is 11.2. The van der Waals surface area contributed by atoms with Gasteiger partial charge >= 0.3 is 0 Å². The van der Waals surface area contributed by atoms with Gasteiger partial charge in [-0.25, -0.2) is 0 Å². The molecule has 1 aliphatic carbocycles. The van der Waals surface area contributed by atoms with E-state index in [-0.39, 0.29) is 0 Å². The second-order valence-corrected chi connectivity index (χ2v) is 4.38. The number of aryl methyl sites for hydroxylation is 1. The molecule has 0 bridgehead atoms. The fraction of sp³-hybridized carbons (Fsp3) is 0.538. The Hall–Kier alpha value is -0.820. The van der Waals surface area contributed by atoms with Gasteiger partial charge in [0.1, 0.15) is 0 Å². The first-order valence-corrected chi connectivity index (χ1v) is 5.66. The summed E-state index contributed by atoms with van der Waals surface area (Å²) in [5, 5.41) is 0. The molecule has 14 heavy (non-hydrogen) atoms. The highest BCUT2D eigenvalue weighted by Gasteiger charge is 2.22. The number of hydrogen-bond acceptors (Lipinski definition) is 1. The molecule has 1 saturated carbocycles. The molecule has 0 aromatic heterocycles. The van der Waals surface area contributed by atoms with Crippen LogP contribution in [0.5, 0.6) is 0 Å². The third-order valence-corrected chi connectivity index (χ3v) is 3.36. The van der Waals surface area contributed by atoms with Crippen molar-refractivity contribution < 1.29 is 0 Å². The van der Waals surface area contributed by atoms with Gasteiger partial charge in [0.15, 0.2) is 0 Å². The summed E-state index contributed by atoms with van der Waals surface area (Å²) >= 11 is 0. The average Bonchev–Trinajstić information content (AvgIpc) is 2.63. The van der Waals surface area contributed by atoms with Crippen LogP contribution >= 0.6 is 0 Å². The minimum absolute atomic E-state index is 0.471. The molecule has 0 heterocycles. The fourth-order valence-electron chi connectivity index (χ4n) is 2.42. The molecule has 0 saturated heterocycles. The van der Waals surface area contributed by atoms with Gasteiger partial charge in [-0.05, 0) is 37.2 Å². The van der Waals surface area contributed by atoms with E-state index in [0.29, 0.717) is 6.04 Å². The van der Waals surface area contributed by atoms with Gasteiger partial charge in [-0.3, -0.25) is 0 Å². The lowest BCUT2D eigenvalue weighted by atomic mass is 9.95. The van der Waals surface area contributed by atoms with Crippen molar-refractivity contribution in [3.63, 3.8) is 0 Å². The van der Waals surface area contributed by atoms with Crippen molar-refractivity contribution in [2.75, 3.05) is 0 Å². The SMILES string of the molecule is N[C@H]1CCC[C@@H]1CCc1ccccc1. The van der Waals surface area contributed by atoms with Gasteiger partial charge in [-0.2, -0.15) is 0 Å². The Balaban J connectivity index is 1.82. The zero-order chi connectivity index (χ0) is 9.80. The minimum atomic E-state index is 0.471. The zero-order valence-electron chi connectivity index (χ0n) is 8.65. The number of nitrogens with two attached hydrogens (primary N) is 1. The van der Waals surface area contributed by atoms with Crippen molar-refractivity contribution >= 4 is 0 Å². The summed E-state index contributed by atoms with van der Waals surface area (Å²) in [7, 11) is 0. The van der Waals surface area contributed by atoms with Crippen molar-refractivity contribution in [3.8, 4) is 0 Å². The van der Waals surface area contributed by atoms with Crippen LogP contribution in [0.15, 0.2) is 30.3 Å². The van der Waals surface area contributed by atoms with Gasteiger partial charge in [0.2, 0.25) is 0 Å². The molecule has 2 N–H and O–H groups in total. The van der Waals surface area contributed by atoms with E-state index in [4.69, 9.17) is 5.73 Å². The molecule has 0 aliphatic heterocycles. The molecule has 1 nitrogen and oxygen atoms in total. The quantitative estimate of drug-likeness (QED) is 0.777. The Morgan fingerprint density at radius 2 is 1.93 bits per heavy atom. The number of benzene rings is 1. The number of rotatable bonds is 3. The highest BCUT2D eigenvalue weighted by atomic mass is 14.7. The first-order valence-electron chi connectivity index (χ1n) is 5.66. The maximum atomic E-state index is 6.04. The van der Waals surface area contributed by atoms with E-state index in [1.807, 2.05) is 0 Å². The van der Waals surface area contributed by atoms with E-state index in [1.54, 1.807) is 0 Å². The van der Waals surface area contributed by atoms with Gasteiger partial charge in [-0.15, -0.1) is 0 Å². The standard InChI is InChI=1S/C13H19N/c14-13-8-4-7-12(13)10-9-11-5-2-1-3-6-11/h1-3,5-6,12-13H,4,7-10,14H2/t12-,13+/m1/s1. The van der Waals surface area contributed by atoms with Crippen LogP contribution in [0.2, 0.25) is 0 Å². The minimum Gasteiger partial charge on any atom is -0.327 e. The van der Waals surface area contributed by atoms with Crippen LogP contribution in [0.1, 0.15) is 31.2 Å². The molecule has 1 heteroatoms. The van der Waals surface area contributed by atoms with E-state index < -0.39 is 0 Å². The van der Waals surface area contributed by atoms with Crippen molar-refractivity contribution in [1.29, 1.82) is 0 Å². The summed E-state index contributed by atoms with van der Waals surface area (Å²) < 4.78 is 0. The summed E-state index contributed by atoms with van der Waals surface area (Å²) in [4.78, 5) is 0. The van der Waals surface area contributed by atoms with Crippen LogP contribution in [-0.2, 0) is 6.42 Å². The van der Waals surface area contributed by atoms with Crippen LogP contribution in [0.4, 0.5) is 0 Å². The predicted octanol–water partition coefficient (Wildman–Crippen LogP) is 2.75. The highest BCUT2D eigenvalue weighted by Crippen LogP contribution is 2.27. The third kappa shape index (κ3) is 2.36. The lowest BCUT2D eigenvalue weighted by molar-refractivity contribution is 0.447. The monoisotopic (exact) mass is 189 g/mol. The van der Waals surface area contributed by atoms with Crippen LogP contribution in [0, 0.1) is 5.92 Å². The molecule has 1 aromatic rings. The fourth-order valence-corrected chi connectivity index (χ4v) is 2.42. The molecule has 0 spiro atoms. The third-order valence-electron chi connectivity index (χ3n) is 3.36. The van der Waals surface area contributed by atoms with Crippen LogP contribution in [-0.4, -0.2) is 6.04 Å². The molecule has 1 fully saturated rings. The summed E-state index contributed by atoms with van der Waals surface area (Å²) in [6.07, 6.45) is 6.37. The Bertz CT molecular complexity index is 268. The molecule has 0 unspecified atom stereocenters. The van der Waals surface area contributed by atoms with Crippen molar-refractivity contribution in [1.82, 2.24) is 0 Å². The molecule has 2 rings (SSSR count). The second kappa shape index (κ2) is 4.61. The Labute approximate surface area is 86.3 Å². The van der Waals surface area contributed by atoms with Gasteiger partial charge < -0.3 is 5.73 Å². The van der Waals surface area contributed by atoms with E-state index in [0.717, 1.165) is 5.92 Å². The summed E-state index contributed by atoms with van der Waals surface area (Å²) in [6.45, 7) is 0. The summed E-state index contributed by atoms with van der Waals surface area (Å²) in [5.74, 6) is 0.773. The lowest BCUT2D eigenvalue weighted by Gasteiger charge is -2.14. The molecular weight excluding hydrogens is 170 g/mol. The van der Waals surface area contributed by atoms with Crippen molar-refractivity contribution in [3.05, 3.63) is 35.9 Å². The average molecular weight is 189 g/mol. The second-order valence-electron chi connectivity index (χ2n) is 4.38. The first-order chi connectivity index (χ1) is 6.86. The molecule has 76 valence electrons. The smallest absolute Gasteiger partial charge is 0.00672 e. The lowest BCUT2D eigenvalue weighted by Crippen LogP contribution is -2.24.